The number of sulfonamides is 1. The number of rotatable bonds is 4. The van der Waals surface area contributed by atoms with Crippen LogP contribution < -0.4 is 0 Å². The minimum Gasteiger partial charge on any atom is -0.294 e. The number of piperazine rings is 1. The Morgan fingerprint density at radius 3 is 2.23 bits per heavy atom. The SMILES string of the molecule is Cc1ccc(S(=O)(=O)N2CCN(Cc3nc(C(C)(C)C)cs3)CC2)cc1. The van der Waals surface area contributed by atoms with E-state index in [4.69, 9.17) is 4.98 Å². The first-order valence-electron chi connectivity index (χ1n) is 8.90. The number of nitrogens with zero attached hydrogens (tertiary/aromatic N) is 3. The van der Waals surface area contributed by atoms with E-state index < -0.39 is 10.0 Å². The second kappa shape index (κ2) is 7.38. The van der Waals surface area contributed by atoms with Crippen molar-refractivity contribution in [3.05, 3.63) is 45.9 Å². The van der Waals surface area contributed by atoms with Gasteiger partial charge in [-0.3, -0.25) is 4.90 Å². The molecule has 1 saturated heterocycles. The molecule has 1 aromatic heterocycles. The fourth-order valence-electron chi connectivity index (χ4n) is 2.91. The van der Waals surface area contributed by atoms with Gasteiger partial charge in [-0.2, -0.15) is 4.31 Å². The summed E-state index contributed by atoms with van der Waals surface area (Å²) >= 11 is 1.69. The van der Waals surface area contributed by atoms with Gasteiger partial charge >= 0.3 is 0 Å². The smallest absolute Gasteiger partial charge is 0.243 e. The molecule has 2 aromatic rings. The molecule has 1 aliphatic heterocycles. The van der Waals surface area contributed by atoms with Gasteiger partial charge in [0.2, 0.25) is 10.0 Å². The van der Waals surface area contributed by atoms with Crippen LogP contribution in [0.2, 0.25) is 0 Å². The van der Waals surface area contributed by atoms with Crippen LogP contribution in [-0.2, 0) is 22.0 Å². The molecule has 0 aliphatic carbocycles. The van der Waals surface area contributed by atoms with Crippen LogP contribution in [0.1, 0.15) is 37.0 Å². The van der Waals surface area contributed by atoms with Crippen molar-refractivity contribution in [3.63, 3.8) is 0 Å². The van der Waals surface area contributed by atoms with Gasteiger partial charge < -0.3 is 0 Å². The zero-order valence-electron chi connectivity index (χ0n) is 15.9. The lowest BCUT2D eigenvalue weighted by atomic mass is 9.93. The molecule has 0 spiro atoms. The Morgan fingerprint density at radius 2 is 1.69 bits per heavy atom. The molecule has 0 bridgehead atoms. The molecule has 0 N–H and O–H groups in total. The van der Waals surface area contributed by atoms with E-state index in [1.165, 1.54) is 0 Å². The molecule has 0 unspecified atom stereocenters. The normalized spacial score (nSPS) is 17.5. The molecule has 0 saturated carbocycles. The van der Waals surface area contributed by atoms with E-state index in [1.807, 2.05) is 19.1 Å². The van der Waals surface area contributed by atoms with E-state index in [2.05, 4.69) is 31.1 Å². The van der Waals surface area contributed by atoms with Crippen molar-refractivity contribution >= 4 is 21.4 Å². The first kappa shape index (κ1) is 19.5. The molecule has 7 heteroatoms. The van der Waals surface area contributed by atoms with Crippen LogP contribution in [0.15, 0.2) is 34.5 Å². The molecule has 1 aromatic carbocycles. The van der Waals surface area contributed by atoms with E-state index in [9.17, 15) is 8.42 Å². The molecule has 5 nitrogen and oxygen atoms in total. The average Bonchev–Trinajstić information content (AvgIpc) is 3.05. The first-order valence-corrected chi connectivity index (χ1v) is 11.2. The highest BCUT2D eigenvalue weighted by Crippen LogP contribution is 2.25. The van der Waals surface area contributed by atoms with Crippen molar-refractivity contribution in [3.8, 4) is 0 Å². The number of aryl methyl sites for hydroxylation is 1. The fraction of sp³-hybridized carbons (Fsp3) is 0.526. The molecule has 0 amide bonds. The standard InChI is InChI=1S/C19H27N3O2S2/c1-15-5-7-16(8-6-15)26(23,24)22-11-9-21(10-12-22)13-18-20-17(14-25-18)19(2,3)4/h5-8,14H,9-13H2,1-4H3. The highest BCUT2D eigenvalue weighted by Gasteiger charge is 2.29. The van der Waals surface area contributed by atoms with E-state index in [0.29, 0.717) is 18.0 Å². The molecule has 1 aliphatic rings. The zero-order chi connectivity index (χ0) is 18.9. The van der Waals surface area contributed by atoms with Crippen molar-refractivity contribution in [1.29, 1.82) is 0 Å². The number of thiazole rings is 1. The Morgan fingerprint density at radius 1 is 1.08 bits per heavy atom. The van der Waals surface area contributed by atoms with Gasteiger partial charge in [0.25, 0.3) is 0 Å². The zero-order valence-corrected chi connectivity index (χ0v) is 17.5. The minimum atomic E-state index is -3.40. The molecule has 142 valence electrons. The monoisotopic (exact) mass is 393 g/mol. The fourth-order valence-corrected chi connectivity index (χ4v) is 5.39. The lowest BCUT2D eigenvalue weighted by Gasteiger charge is -2.33. The number of aromatic nitrogens is 1. The molecule has 3 rings (SSSR count). The second-order valence-corrected chi connectivity index (χ2v) is 10.8. The summed E-state index contributed by atoms with van der Waals surface area (Å²) in [7, 11) is -3.40. The summed E-state index contributed by atoms with van der Waals surface area (Å²) < 4.78 is 27.1. The summed E-state index contributed by atoms with van der Waals surface area (Å²) in [5, 5.41) is 3.23. The Bertz CT molecular complexity index is 844. The van der Waals surface area contributed by atoms with Crippen LogP contribution in [-0.4, -0.2) is 48.8 Å². The highest BCUT2D eigenvalue weighted by molar-refractivity contribution is 7.89. The highest BCUT2D eigenvalue weighted by atomic mass is 32.2. The molecule has 2 heterocycles. The van der Waals surface area contributed by atoms with Crippen molar-refractivity contribution in [2.75, 3.05) is 26.2 Å². The predicted octanol–water partition coefficient (Wildman–Crippen LogP) is 3.26. The maximum absolute atomic E-state index is 12.8. The molecular formula is C19H27N3O2S2. The van der Waals surface area contributed by atoms with E-state index in [0.717, 1.165) is 35.9 Å². The summed E-state index contributed by atoms with van der Waals surface area (Å²) in [5.41, 5.74) is 2.25. The van der Waals surface area contributed by atoms with Crippen molar-refractivity contribution < 1.29 is 8.42 Å². The Hall–Kier alpha value is -1.28. The average molecular weight is 394 g/mol. The van der Waals surface area contributed by atoms with Crippen LogP contribution in [0.25, 0.3) is 0 Å². The molecule has 1 fully saturated rings. The largest absolute Gasteiger partial charge is 0.294 e. The lowest BCUT2D eigenvalue weighted by molar-refractivity contribution is 0.181. The number of hydrogen-bond donors (Lipinski definition) is 0. The molecule has 0 atom stereocenters. The summed E-state index contributed by atoms with van der Waals surface area (Å²) in [4.78, 5) is 7.41. The maximum Gasteiger partial charge on any atom is 0.243 e. The van der Waals surface area contributed by atoms with Crippen LogP contribution in [0.4, 0.5) is 0 Å². The Labute approximate surface area is 160 Å². The Kier molecular flexibility index (Phi) is 5.53. The van der Waals surface area contributed by atoms with Crippen molar-refractivity contribution in [1.82, 2.24) is 14.2 Å². The number of hydrogen-bond acceptors (Lipinski definition) is 5. The van der Waals surface area contributed by atoms with E-state index >= 15 is 0 Å². The quantitative estimate of drug-likeness (QED) is 0.800. The molecule has 0 radical (unpaired) electrons. The third kappa shape index (κ3) is 4.34. The topological polar surface area (TPSA) is 53.5 Å². The van der Waals surface area contributed by atoms with Crippen LogP contribution in [0.5, 0.6) is 0 Å². The van der Waals surface area contributed by atoms with Crippen LogP contribution in [0.3, 0.4) is 0 Å². The Balaban J connectivity index is 1.60. The van der Waals surface area contributed by atoms with Gasteiger partial charge in [0, 0.05) is 37.0 Å². The summed E-state index contributed by atoms with van der Waals surface area (Å²) in [6.45, 7) is 11.8. The van der Waals surface area contributed by atoms with Gasteiger partial charge in [-0.1, -0.05) is 38.5 Å². The van der Waals surface area contributed by atoms with Crippen molar-refractivity contribution in [2.24, 2.45) is 0 Å². The van der Waals surface area contributed by atoms with Gasteiger partial charge in [-0.25, -0.2) is 13.4 Å². The third-order valence-electron chi connectivity index (χ3n) is 4.67. The van der Waals surface area contributed by atoms with E-state index in [1.54, 1.807) is 27.8 Å². The third-order valence-corrected chi connectivity index (χ3v) is 7.42. The molecule has 26 heavy (non-hydrogen) atoms. The van der Waals surface area contributed by atoms with Gasteiger partial charge in [0.1, 0.15) is 5.01 Å². The van der Waals surface area contributed by atoms with Crippen molar-refractivity contribution in [2.45, 2.75) is 44.6 Å². The van der Waals surface area contributed by atoms with E-state index in [-0.39, 0.29) is 5.41 Å². The van der Waals surface area contributed by atoms with Gasteiger partial charge in [0.15, 0.2) is 0 Å². The maximum atomic E-state index is 12.8. The van der Waals surface area contributed by atoms with Gasteiger partial charge in [-0.15, -0.1) is 11.3 Å². The lowest BCUT2D eigenvalue weighted by Crippen LogP contribution is -2.48. The number of benzene rings is 1. The summed E-state index contributed by atoms with van der Waals surface area (Å²) in [6, 6.07) is 7.08. The molecular weight excluding hydrogens is 366 g/mol. The van der Waals surface area contributed by atoms with Gasteiger partial charge in [0.05, 0.1) is 17.1 Å². The summed E-state index contributed by atoms with van der Waals surface area (Å²) in [5.74, 6) is 0. The van der Waals surface area contributed by atoms with Crippen LogP contribution >= 0.6 is 11.3 Å². The summed E-state index contributed by atoms with van der Waals surface area (Å²) in [6.07, 6.45) is 0. The first-order chi connectivity index (χ1) is 12.2. The van der Waals surface area contributed by atoms with Gasteiger partial charge in [-0.05, 0) is 19.1 Å². The predicted molar refractivity (Wildman–Crippen MR) is 106 cm³/mol. The van der Waals surface area contributed by atoms with Crippen LogP contribution in [0, 0.1) is 6.92 Å². The minimum absolute atomic E-state index is 0.0650. The second-order valence-electron chi connectivity index (χ2n) is 7.87.